The van der Waals surface area contributed by atoms with E-state index in [1.54, 1.807) is 7.11 Å². The molecule has 0 bridgehead atoms. The van der Waals surface area contributed by atoms with Gasteiger partial charge < -0.3 is 10.1 Å². The van der Waals surface area contributed by atoms with Gasteiger partial charge in [-0.3, -0.25) is 0 Å². The molecule has 0 radical (unpaired) electrons. The van der Waals surface area contributed by atoms with Crippen LogP contribution in [-0.4, -0.2) is 19.7 Å². The van der Waals surface area contributed by atoms with Gasteiger partial charge in [0.2, 0.25) is 0 Å². The molecule has 1 aromatic carbocycles. The lowest BCUT2D eigenvalue weighted by Gasteiger charge is -2.09. The summed E-state index contributed by atoms with van der Waals surface area (Å²) in [5.41, 5.74) is 1.34. The number of hydrogen-bond donors (Lipinski definition) is 1. The van der Waals surface area contributed by atoms with Gasteiger partial charge in [-0.2, -0.15) is 0 Å². The van der Waals surface area contributed by atoms with Crippen molar-refractivity contribution in [2.75, 3.05) is 13.7 Å². The minimum atomic E-state index is 0.503. The van der Waals surface area contributed by atoms with Crippen LogP contribution in [0, 0.1) is 0 Å². The second kappa shape index (κ2) is 4.29. The molecule has 1 aliphatic heterocycles. The van der Waals surface area contributed by atoms with Crippen LogP contribution < -0.4 is 10.1 Å². The maximum atomic E-state index is 5.11. The first-order chi connectivity index (χ1) is 6.88. The number of ether oxygens (including phenoxy) is 1. The van der Waals surface area contributed by atoms with Gasteiger partial charge in [-0.25, -0.2) is 0 Å². The lowest BCUT2D eigenvalue weighted by atomic mass is 10.1. The highest BCUT2D eigenvalue weighted by Crippen LogP contribution is 2.13. The smallest absolute Gasteiger partial charge is 0.118 e. The van der Waals surface area contributed by atoms with Crippen LogP contribution in [0.25, 0.3) is 0 Å². The fraction of sp³-hybridized carbons (Fsp3) is 0.333. The van der Waals surface area contributed by atoms with Gasteiger partial charge in [0.15, 0.2) is 0 Å². The maximum Gasteiger partial charge on any atom is 0.118 e. The molecule has 2 nitrogen and oxygen atoms in total. The van der Waals surface area contributed by atoms with E-state index in [2.05, 4.69) is 29.6 Å². The number of hydrogen-bond acceptors (Lipinski definition) is 2. The van der Waals surface area contributed by atoms with Crippen LogP contribution in [0.3, 0.4) is 0 Å². The molecule has 0 aliphatic carbocycles. The van der Waals surface area contributed by atoms with Crippen molar-refractivity contribution >= 4 is 0 Å². The van der Waals surface area contributed by atoms with E-state index in [1.807, 2.05) is 12.1 Å². The topological polar surface area (TPSA) is 21.3 Å². The van der Waals surface area contributed by atoms with Gasteiger partial charge in [-0.05, 0) is 24.1 Å². The van der Waals surface area contributed by atoms with Gasteiger partial charge in [0, 0.05) is 12.6 Å². The van der Waals surface area contributed by atoms with Crippen molar-refractivity contribution in [3.63, 3.8) is 0 Å². The predicted molar refractivity (Wildman–Crippen MR) is 57.6 cm³/mol. The molecule has 1 atom stereocenters. The molecule has 0 saturated carbocycles. The van der Waals surface area contributed by atoms with Gasteiger partial charge in [-0.15, -0.1) is 0 Å². The van der Waals surface area contributed by atoms with E-state index in [0.717, 1.165) is 18.7 Å². The predicted octanol–water partition coefficient (Wildman–Crippen LogP) is 1.77. The van der Waals surface area contributed by atoms with Crippen molar-refractivity contribution in [2.24, 2.45) is 0 Å². The van der Waals surface area contributed by atoms with Gasteiger partial charge >= 0.3 is 0 Å². The molecule has 1 aliphatic rings. The summed E-state index contributed by atoms with van der Waals surface area (Å²) in [7, 11) is 1.69. The fourth-order valence-corrected chi connectivity index (χ4v) is 1.68. The van der Waals surface area contributed by atoms with Crippen LogP contribution in [0.4, 0.5) is 0 Å². The van der Waals surface area contributed by atoms with Crippen molar-refractivity contribution in [3.05, 3.63) is 42.0 Å². The van der Waals surface area contributed by atoms with Crippen molar-refractivity contribution in [3.8, 4) is 5.75 Å². The average molecular weight is 189 g/mol. The molecule has 0 amide bonds. The molecule has 2 rings (SSSR count). The molecule has 1 heterocycles. The third-order valence-electron chi connectivity index (χ3n) is 2.48. The van der Waals surface area contributed by atoms with Crippen LogP contribution in [0.15, 0.2) is 36.4 Å². The average Bonchev–Trinajstić information content (AvgIpc) is 2.72. The zero-order valence-corrected chi connectivity index (χ0v) is 8.36. The standard InChI is InChI=1S/C12H15NO/c1-14-12-6-4-10(5-7-12)9-11-3-2-8-13-11/h2-7,11,13H,8-9H2,1H3/t11-/m0/s1. The molecule has 0 saturated heterocycles. The molecular weight excluding hydrogens is 174 g/mol. The Morgan fingerprint density at radius 1 is 1.36 bits per heavy atom. The largest absolute Gasteiger partial charge is 0.497 e. The quantitative estimate of drug-likeness (QED) is 0.732. The van der Waals surface area contributed by atoms with Gasteiger partial charge in [-0.1, -0.05) is 24.3 Å². The Morgan fingerprint density at radius 3 is 2.71 bits per heavy atom. The second-order valence-electron chi connectivity index (χ2n) is 3.50. The summed E-state index contributed by atoms with van der Waals surface area (Å²) >= 11 is 0. The molecule has 74 valence electrons. The lowest BCUT2D eigenvalue weighted by Crippen LogP contribution is -2.24. The highest BCUT2D eigenvalue weighted by molar-refractivity contribution is 5.28. The first-order valence-electron chi connectivity index (χ1n) is 4.91. The number of rotatable bonds is 3. The van der Waals surface area contributed by atoms with Gasteiger partial charge in [0.25, 0.3) is 0 Å². The minimum Gasteiger partial charge on any atom is -0.497 e. The number of benzene rings is 1. The molecule has 14 heavy (non-hydrogen) atoms. The van der Waals surface area contributed by atoms with E-state index >= 15 is 0 Å². The summed E-state index contributed by atoms with van der Waals surface area (Å²) < 4.78 is 5.11. The first kappa shape index (κ1) is 9.28. The van der Waals surface area contributed by atoms with E-state index in [-0.39, 0.29) is 0 Å². The molecule has 0 spiro atoms. The van der Waals surface area contributed by atoms with Crippen LogP contribution in [0.2, 0.25) is 0 Å². The Bertz CT molecular complexity index is 316. The summed E-state index contributed by atoms with van der Waals surface area (Å²) in [6.45, 7) is 1.00. The minimum absolute atomic E-state index is 0.503. The third-order valence-corrected chi connectivity index (χ3v) is 2.48. The van der Waals surface area contributed by atoms with Crippen LogP contribution in [-0.2, 0) is 6.42 Å². The van der Waals surface area contributed by atoms with Crippen molar-refractivity contribution in [2.45, 2.75) is 12.5 Å². The van der Waals surface area contributed by atoms with Crippen molar-refractivity contribution < 1.29 is 4.74 Å². The summed E-state index contributed by atoms with van der Waals surface area (Å²) in [6, 6.07) is 8.75. The Balaban J connectivity index is 1.99. The molecule has 0 unspecified atom stereocenters. The SMILES string of the molecule is COc1ccc(C[C@@H]2C=CCN2)cc1. The molecule has 0 fully saturated rings. The Labute approximate surface area is 84.6 Å². The monoisotopic (exact) mass is 189 g/mol. The van der Waals surface area contributed by atoms with E-state index in [0.29, 0.717) is 6.04 Å². The van der Waals surface area contributed by atoms with Crippen molar-refractivity contribution in [1.82, 2.24) is 5.32 Å². The van der Waals surface area contributed by atoms with Gasteiger partial charge in [0.1, 0.15) is 5.75 Å². The van der Waals surface area contributed by atoms with E-state index in [1.165, 1.54) is 5.56 Å². The zero-order chi connectivity index (χ0) is 9.80. The Kier molecular flexibility index (Phi) is 2.84. The number of nitrogens with one attached hydrogen (secondary N) is 1. The normalized spacial score (nSPS) is 19.9. The van der Waals surface area contributed by atoms with Gasteiger partial charge in [0.05, 0.1) is 7.11 Å². The highest BCUT2D eigenvalue weighted by Gasteiger charge is 2.08. The molecule has 1 N–H and O–H groups in total. The van der Waals surface area contributed by atoms with Crippen molar-refractivity contribution in [1.29, 1.82) is 0 Å². The Morgan fingerprint density at radius 2 is 2.14 bits per heavy atom. The van der Waals surface area contributed by atoms with E-state index in [9.17, 15) is 0 Å². The fourth-order valence-electron chi connectivity index (χ4n) is 1.68. The molecular formula is C12H15NO. The first-order valence-corrected chi connectivity index (χ1v) is 4.91. The zero-order valence-electron chi connectivity index (χ0n) is 8.36. The van der Waals surface area contributed by atoms with Crippen LogP contribution >= 0.6 is 0 Å². The molecule has 2 heteroatoms. The lowest BCUT2D eigenvalue weighted by molar-refractivity contribution is 0.414. The summed E-state index contributed by atoms with van der Waals surface area (Å²) in [4.78, 5) is 0. The third kappa shape index (κ3) is 2.15. The molecule has 1 aromatic rings. The maximum absolute atomic E-state index is 5.11. The Hall–Kier alpha value is -1.28. The van der Waals surface area contributed by atoms with E-state index in [4.69, 9.17) is 4.74 Å². The summed E-state index contributed by atoms with van der Waals surface area (Å²) in [6.07, 6.45) is 5.46. The van der Waals surface area contributed by atoms with Crippen LogP contribution in [0.5, 0.6) is 5.75 Å². The summed E-state index contributed by atoms with van der Waals surface area (Å²) in [5.74, 6) is 0.920. The van der Waals surface area contributed by atoms with E-state index < -0.39 is 0 Å². The highest BCUT2D eigenvalue weighted by atomic mass is 16.5. The second-order valence-corrected chi connectivity index (χ2v) is 3.50. The van der Waals surface area contributed by atoms with Crippen LogP contribution in [0.1, 0.15) is 5.56 Å². The number of methoxy groups -OCH3 is 1. The molecule has 0 aromatic heterocycles. The summed E-state index contributed by atoms with van der Waals surface area (Å²) in [5, 5.41) is 3.39.